The van der Waals surface area contributed by atoms with Crippen LogP contribution in [0.1, 0.15) is 20.7 Å². The van der Waals surface area contributed by atoms with Crippen LogP contribution in [0.5, 0.6) is 0 Å². The smallest absolute Gasteiger partial charge is 0.252 e. The summed E-state index contributed by atoms with van der Waals surface area (Å²) >= 11 is 0. The summed E-state index contributed by atoms with van der Waals surface area (Å²) in [5.74, 6) is -0.816. The highest BCUT2D eigenvalue weighted by Gasteiger charge is 2.31. The van der Waals surface area contributed by atoms with Crippen molar-refractivity contribution in [3.63, 3.8) is 0 Å². The van der Waals surface area contributed by atoms with Gasteiger partial charge in [0.1, 0.15) is 0 Å². The standard InChI is InChI=1S/C10H6NO3/c12-5-8-9(13)6-3-1-2-4-7(6)10(14)11-8/h1-4,8H,(H,11,14). The van der Waals surface area contributed by atoms with E-state index < -0.39 is 17.7 Å². The van der Waals surface area contributed by atoms with Crippen LogP contribution in [-0.2, 0) is 4.79 Å². The molecule has 69 valence electrons. The fraction of sp³-hybridized carbons (Fsp3) is 0.100. The molecule has 4 heteroatoms. The van der Waals surface area contributed by atoms with E-state index in [0.29, 0.717) is 5.56 Å². The van der Waals surface area contributed by atoms with E-state index in [1.165, 1.54) is 12.4 Å². The van der Waals surface area contributed by atoms with Crippen molar-refractivity contribution in [2.45, 2.75) is 6.04 Å². The van der Waals surface area contributed by atoms with Crippen molar-refractivity contribution < 1.29 is 14.4 Å². The van der Waals surface area contributed by atoms with Gasteiger partial charge < -0.3 is 5.32 Å². The normalized spacial score (nSPS) is 19.9. The molecule has 4 nitrogen and oxygen atoms in total. The molecule has 1 aliphatic rings. The topological polar surface area (TPSA) is 63.2 Å². The Hall–Kier alpha value is -1.97. The molecular formula is C10H6NO3. The summed E-state index contributed by atoms with van der Waals surface area (Å²) in [4.78, 5) is 33.2. The van der Waals surface area contributed by atoms with Gasteiger partial charge >= 0.3 is 0 Å². The zero-order valence-electron chi connectivity index (χ0n) is 7.11. The van der Waals surface area contributed by atoms with E-state index in [1.54, 1.807) is 18.2 Å². The van der Waals surface area contributed by atoms with Gasteiger partial charge in [-0.2, -0.15) is 0 Å². The third kappa shape index (κ3) is 1.12. The molecule has 1 atom stereocenters. The Morgan fingerprint density at radius 3 is 2.43 bits per heavy atom. The van der Waals surface area contributed by atoms with Crippen LogP contribution in [0.4, 0.5) is 0 Å². The second-order valence-corrected chi connectivity index (χ2v) is 2.93. The molecule has 1 aliphatic heterocycles. The second kappa shape index (κ2) is 3.06. The first kappa shape index (κ1) is 8.62. The van der Waals surface area contributed by atoms with Crippen LogP contribution in [0, 0.1) is 0 Å². The van der Waals surface area contributed by atoms with E-state index in [4.69, 9.17) is 0 Å². The molecular weight excluding hydrogens is 182 g/mol. The Labute approximate surface area is 79.9 Å². The number of ketones is 1. The number of hydrogen-bond donors (Lipinski definition) is 1. The minimum absolute atomic E-state index is 0.282. The lowest BCUT2D eigenvalue weighted by Gasteiger charge is -2.19. The Morgan fingerprint density at radius 1 is 1.14 bits per heavy atom. The zero-order valence-corrected chi connectivity index (χ0v) is 7.11. The first-order valence-corrected chi connectivity index (χ1v) is 4.06. The molecule has 1 unspecified atom stereocenters. The molecule has 2 rings (SSSR count). The minimum atomic E-state index is -1.16. The van der Waals surface area contributed by atoms with Crippen molar-refractivity contribution in [1.29, 1.82) is 0 Å². The lowest BCUT2D eigenvalue weighted by atomic mass is 9.95. The third-order valence-corrected chi connectivity index (χ3v) is 2.09. The molecule has 0 spiro atoms. The van der Waals surface area contributed by atoms with Gasteiger partial charge in [0.15, 0.2) is 11.8 Å². The highest BCUT2D eigenvalue weighted by Crippen LogP contribution is 2.15. The van der Waals surface area contributed by atoms with Gasteiger partial charge in [-0.15, -0.1) is 0 Å². The molecule has 0 bridgehead atoms. The molecule has 0 saturated carbocycles. The number of rotatable bonds is 1. The van der Waals surface area contributed by atoms with Crippen LogP contribution in [-0.4, -0.2) is 24.0 Å². The van der Waals surface area contributed by atoms with Crippen LogP contribution < -0.4 is 5.32 Å². The highest BCUT2D eigenvalue weighted by atomic mass is 16.2. The van der Waals surface area contributed by atoms with Crippen molar-refractivity contribution in [3.8, 4) is 0 Å². The molecule has 0 fully saturated rings. The molecule has 1 amide bonds. The van der Waals surface area contributed by atoms with Gasteiger partial charge in [0.05, 0.1) is 5.56 Å². The van der Waals surface area contributed by atoms with Gasteiger partial charge in [-0.05, 0) is 6.07 Å². The monoisotopic (exact) mass is 188 g/mol. The van der Waals surface area contributed by atoms with E-state index >= 15 is 0 Å². The highest BCUT2D eigenvalue weighted by molar-refractivity contribution is 6.20. The van der Waals surface area contributed by atoms with Gasteiger partial charge in [0.2, 0.25) is 6.29 Å². The van der Waals surface area contributed by atoms with E-state index in [2.05, 4.69) is 5.32 Å². The number of nitrogens with one attached hydrogen (secondary N) is 1. The largest absolute Gasteiger partial charge is 0.335 e. The number of Topliss-reactive ketones (excluding diaryl/α,β-unsaturated/α-hetero) is 1. The first-order chi connectivity index (χ1) is 6.74. The van der Waals surface area contributed by atoms with Gasteiger partial charge in [0, 0.05) is 5.56 Å². The molecule has 14 heavy (non-hydrogen) atoms. The summed E-state index contributed by atoms with van der Waals surface area (Å²) in [5, 5.41) is 2.26. The fourth-order valence-corrected chi connectivity index (χ4v) is 1.41. The molecule has 1 N–H and O–H groups in total. The van der Waals surface area contributed by atoms with E-state index in [9.17, 15) is 14.4 Å². The van der Waals surface area contributed by atoms with E-state index in [-0.39, 0.29) is 5.56 Å². The maximum absolute atomic E-state index is 11.5. The summed E-state index contributed by atoms with van der Waals surface area (Å²) in [6, 6.07) is 5.23. The maximum Gasteiger partial charge on any atom is 0.252 e. The van der Waals surface area contributed by atoms with Crippen molar-refractivity contribution in [2.75, 3.05) is 0 Å². The number of carbonyl (C=O) groups is 2. The van der Waals surface area contributed by atoms with Crippen LogP contribution in [0.2, 0.25) is 0 Å². The zero-order chi connectivity index (χ0) is 10.1. The quantitative estimate of drug-likeness (QED) is 0.635. The summed E-state index contributed by atoms with van der Waals surface area (Å²) in [5.41, 5.74) is 0.591. The molecule has 1 aromatic carbocycles. The third-order valence-electron chi connectivity index (χ3n) is 2.09. The summed E-state index contributed by atoms with van der Waals surface area (Å²) in [7, 11) is 0. The average molecular weight is 188 g/mol. The summed E-state index contributed by atoms with van der Waals surface area (Å²) in [6.07, 6.45) is 1.49. The number of amides is 1. The average Bonchev–Trinajstić information content (AvgIpc) is 2.23. The minimum Gasteiger partial charge on any atom is -0.335 e. The molecule has 1 radical (unpaired) electrons. The molecule has 1 aromatic rings. The second-order valence-electron chi connectivity index (χ2n) is 2.93. The van der Waals surface area contributed by atoms with E-state index in [0.717, 1.165) is 0 Å². The molecule has 0 aliphatic carbocycles. The Balaban J connectivity index is 2.57. The van der Waals surface area contributed by atoms with Crippen molar-refractivity contribution in [1.82, 2.24) is 5.32 Å². The SMILES string of the molecule is O=[C]C1NC(=O)c2ccccc2C1=O. The van der Waals surface area contributed by atoms with Gasteiger partial charge in [0.25, 0.3) is 5.91 Å². The number of carbonyl (C=O) groups excluding carboxylic acids is 3. The van der Waals surface area contributed by atoms with E-state index in [1.807, 2.05) is 0 Å². The number of fused-ring (bicyclic) bond motifs is 1. The molecule has 1 heterocycles. The molecule has 0 saturated heterocycles. The van der Waals surface area contributed by atoms with Crippen molar-refractivity contribution in [3.05, 3.63) is 35.4 Å². The number of benzene rings is 1. The van der Waals surface area contributed by atoms with Gasteiger partial charge in [-0.1, -0.05) is 18.2 Å². The van der Waals surface area contributed by atoms with Crippen molar-refractivity contribution >= 4 is 18.0 Å². The maximum atomic E-state index is 11.5. The predicted octanol–water partition coefficient (Wildman–Crippen LogP) is 0.0910. The molecule has 0 aromatic heterocycles. The van der Waals surface area contributed by atoms with Crippen molar-refractivity contribution in [2.24, 2.45) is 0 Å². The summed E-state index contributed by atoms with van der Waals surface area (Å²) < 4.78 is 0. The van der Waals surface area contributed by atoms with Crippen LogP contribution in [0.25, 0.3) is 0 Å². The Kier molecular flexibility index (Phi) is 1.89. The lowest BCUT2D eigenvalue weighted by Crippen LogP contribution is -2.47. The fourth-order valence-electron chi connectivity index (χ4n) is 1.41. The summed E-state index contributed by atoms with van der Waals surface area (Å²) in [6.45, 7) is 0. The number of hydrogen-bond acceptors (Lipinski definition) is 3. The van der Waals surface area contributed by atoms with Gasteiger partial charge in [-0.25, -0.2) is 0 Å². The Bertz CT molecular complexity index is 425. The van der Waals surface area contributed by atoms with Crippen LogP contribution in [0.3, 0.4) is 0 Å². The van der Waals surface area contributed by atoms with Gasteiger partial charge in [-0.3, -0.25) is 14.4 Å². The van der Waals surface area contributed by atoms with Crippen LogP contribution in [0.15, 0.2) is 24.3 Å². The first-order valence-electron chi connectivity index (χ1n) is 4.06. The lowest BCUT2D eigenvalue weighted by molar-refractivity contribution is 0.0855. The predicted molar refractivity (Wildman–Crippen MR) is 47.7 cm³/mol. The van der Waals surface area contributed by atoms with Crippen LogP contribution >= 0.6 is 0 Å². The Morgan fingerprint density at radius 2 is 1.79 bits per heavy atom.